The number of rotatable bonds is 6. The Hall–Kier alpha value is -1.08. The molecule has 0 saturated carbocycles. The van der Waals surface area contributed by atoms with Gasteiger partial charge in [-0.15, -0.1) is 0 Å². The highest BCUT2D eigenvalue weighted by Crippen LogP contribution is 1.89. The second kappa shape index (κ2) is 7.56. The lowest BCUT2D eigenvalue weighted by atomic mass is 10.4. The van der Waals surface area contributed by atoms with E-state index in [2.05, 4.69) is 5.32 Å². The lowest BCUT2D eigenvalue weighted by Gasteiger charge is -2.16. The number of nitrogens with zero attached hydrogens (tertiary/aromatic N) is 2. The van der Waals surface area contributed by atoms with Crippen LogP contribution >= 0.6 is 0 Å². The van der Waals surface area contributed by atoms with Crippen molar-refractivity contribution in [1.29, 1.82) is 5.26 Å². The van der Waals surface area contributed by atoms with E-state index in [0.29, 0.717) is 19.6 Å². The third-order valence-electron chi connectivity index (χ3n) is 1.58. The second-order valence-electron chi connectivity index (χ2n) is 2.82. The Labute approximate surface area is 79.5 Å². The van der Waals surface area contributed by atoms with Gasteiger partial charge in [-0.05, 0) is 19.9 Å². The summed E-state index contributed by atoms with van der Waals surface area (Å²) in [6.07, 6.45) is 0.959. The van der Waals surface area contributed by atoms with Gasteiger partial charge in [-0.3, -0.25) is 9.69 Å². The summed E-state index contributed by atoms with van der Waals surface area (Å²) in [6, 6.07) is 2.05. The fraction of sp³-hybridized carbons (Fsp3) is 0.778. The summed E-state index contributed by atoms with van der Waals surface area (Å²) < 4.78 is 0. The Morgan fingerprint density at radius 3 is 2.69 bits per heavy atom. The minimum atomic E-state index is -0.00815. The van der Waals surface area contributed by atoms with Crippen LogP contribution in [0.15, 0.2) is 0 Å². The van der Waals surface area contributed by atoms with Crippen molar-refractivity contribution in [3.63, 3.8) is 0 Å². The SMILES string of the molecule is CCCN(CC#N)CC(=O)NCC. The highest BCUT2D eigenvalue weighted by molar-refractivity contribution is 5.77. The summed E-state index contributed by atoms with van der Waals surface area (Å²) in [5.74, 6) is -0.00815. The minimum absolute atomic E-state index is 0.00815. The molecule has 0 rings (SSSR count). The molecule has 0 fully saturated rings. The quantitative estimate of drug-likeness (QED) is 0.605. The molecule has 0 atom stereocenters. The van der Waals surface area contributed by atoms with E-state index in [1.165, 1.54) is 0 Å². The Bertz CT molecular complexity index is 186. The van der Waals surface area contributed by atoms with Crippen LogP contribution in [-0.2, 0) is 4.79 Å². The fourth-order valence-electron chi connectivity index (χ4n) is 1.09. The van der Waals surface area contributed by atoms with Crippen molar-refractivity contribution in [3.05, 3.63) is 0 Å². The van der Waals surface area contributed by atoms with Crippen LogP contribution in [0, 0.1) is 11.3 Å². The number of likely N-dealkylation sites (N-methyl/N-ethyl adjacent to an activating group) is 1. The summed E-state index contributed by atoms with van der Waals surface area (Å²) in [5.41, 5.74) is 0. The number of amides is 1. The lowest BCUT2D eigenvalue weighted by Crippen LogP contribution is -2.37. The zero-order valence-corrected chi connectivity index (χ0v) is 8.34. The molecule has 0 aromatic carbocycles. The number of nitriles is 1. The molecule has 1 N–H and O–H groups in total. The fourth-order valence-corrected chi connectivity index (χ4v) is 1.09. The molecule has 0 unspecified atom stereocenters. The number of nitrogens with one attached hydrogen (secondary N) is 1. The van der Waals surface area contributed by atoms with Crippen LogP contribution < -0.4 is 5.32 Å². The highest BCUT2D eigenvalue weighted by atomic mass is 16.2. The van der Waals surface area contributed by atoms with E-state index in [-0.39, 0.29) is 5.91 Å². The molecule has 1 amide bonds. The molecule has 0 aliphatic heterocycles. The van der Waals surface area contributed by atoms with Crippen molar-refractivity contribution in [3.8, 4) is 6.07 Å². The van der Waals surface area contributed by atoms with Crippen molar-refractivity contribution in [2.75, 3.05) is 26.2 Å². The smallest absolute Gasteiger partial charge is 0.234 e. The van der Waals surface area contributed by atoms with Crippen molar-refractivity contribution in [2.24, 2.45) is 0 Å². The first kappa shape index (κ1) is 11.9. The molecule has 0 aliphatic rings. The summed E-state index contributed by atoms with van der Waals surface area (Å²) in [5, 5.41) is 11.2. The topological polar surface area (TPSA) is 56.1 Å². The number of hydrogen-bond acceptors (Lipinski definition) is 3. The summed E-state index contributed by atoms with van der Waals surface area (Å²) in [7, 11) is 0. The zero-order chi connectivity index (χ0) is 10.1. The van der Waals surface area contributed by atoms with Crippen LogP contribution in [0.2, 0.25) is 0 Å². The van der Waals surface area contributed by atoms with Gasteiger partial charge >= 0.3 is 0 Å². The van der Waals surface area contributed by atoms with Gasteiger partial charge in [0.15, 0.2) is 0 Å². The van der Waals surface area contributed by atoms with Gasteiger partial charge in [-0.25, -0.2) is 0 Å². The second-order valence-corrected chi connectivity index (χ2v) is 2.82. The van der Waals surface area contributed by atoms with E-state index < -0.39 is 0 Å². The molecule has 4 heteroatoms. The normalized spacial score (nSPS) is 9.69. The largest absolute Gasteiger partial charge is 0.355 e. The van der Waals surface area contributed by atoms with Crippen LogP contribution in [0.25, 0.3) is 0 Å². The Kier molecular flexibility index (Phi) is 6.93. The summed E-state index contributed by atoms with van der Waals surface area (Å²) in [4.78, 5) is 13.0. The number of carbonyl (C=O) groups excluding carboxylic acids is 1. The van der Waals surface area contributed by atoms with Gasteiger partial charge in [-0.1, -0.05) is 6.92 Å². The van der Waals surface area contributed by atoms with E-state index in [0.717, 1.165) is 13.0 Å². The molecule has 0 bridgehead atoms. The minimum Gasteiger partial charge on any atom is -0.355 e. The molecule has 0 spiro atoms. The first-order valence-electron chi connectivity index (χ1n) is 4.60. The third kappa shape index (κ3) is 6.12. The molecule has 0 aromatic heterocycles. The molecule has 0 heterocycles. The zero-order valence-electron chi connectivity index (χ0n) is 8.34. The molecular weight excluding hydrogens is 166 g/mol. The molecule has 4 nitrogen and oxygen atoms in total. The van der Waals surface area contributed by atoms with Crippen LogP contribution in [0.1, 0.15) is 20.3 Å². The average Bonchev–Trinajstić information content (AvgIpc) is 2.05. The molecule has 0 saturated heterocycles. The molecule has 0 aromatic rings. The van der Waals surface area contributed by atoms with Crippen LogP contribution in [0.5, 0.6) is 0 Å². The molecule has 0 aliphatic carbocycles. The predicted octanol–water partition coefficient (Wildman–Crippen LogP) is 0.358. The van der Waals surface area contributed by atoms with Crippen molar-refractivity contribution in [1.82, 2.24) is 10.2 Å². The Morgan fingerprint density at radius 1 is 1.54 bits per heavy atom. The van der Waals surface area contributed by atoms with Gasteiger partial charge in [0, 0.05) is 6.54 Å². The van der Waals surface area contributed by atoms with Crippen molar-refractivity contribution in [2.45, 2.75) is 20.3 Å². The van der Waals surface area contributed by atoms with Gasteiger partial charge in [-0.2, -0.15) is 5.26 Å². The van der Waals surface area contributed by atoms with Crippen molar-refractivity contribution >= 4 is 5.91 Å². The molecular formula is C9H17N3O. The predicted molar refractivity (Wildman–Crippen MR) is 51.0 cm³/mol. The number of hydrogen-bond donors (Lipinski definition) is 1. The van der Waals surface area contributed by atoms with Gasteiger partial charge in [0.2, 0.25) is 5.91 Å². The van der Waals surface area contributed by atoms with E-state index in [4.69, 9.17) is 5.26 Å². The summed E-state index contributed by atoms with van der Waals surface area (Å²) >= 11 is 0. The maximum atomic E-state index is 11.1. The van der Waals surface area contributed by atoms with Gasteiger partial charge in [0.25, 0.3) is 0 Å². The molecule has 13 heavy (non-hydrogen) atoms. The molecule has 74 valence electrons. The monoisotopic (exact) mass is 183 g/mol. The maximum absolute atomic E-state index is 11.1. The Morgan fingerprint density at radius 2 is 2.23 bits per heavy atom. The van der Waals surface area contributed by atoms with E-state index in [1.807, 2.05) is 24.8 Å². The van der Waals surface area contributed by atoms with Crippen LogP contribution in [-0.4, -0.2) is 37.0 Å². The Balaban J connectivity index is 3.80. The maximum Gasteiger partial charge on any atom is 0.234 e. The summed E-state index contributed by atoms with van der Waals surface area (Å²) in [6.45, 7) is 6.00. The first-order chi connectivity index (χ1) is 6.24. The van der Waals surface area contributed by atoms with E-state index in [9.17, 15) is 4.79 Å². The van der Waals surface area contributed by atoms with Crippen LogP contribution in [0.4, 0.5) is 0 Å². The van der Waals surface area contributed by atoms with Gasteiger partial charge in [0.1, 0.15) is 0 Å². The van der Waals surface area contributed by atoms with E-state index in [1.54, 1.807) is 0 Å². The highest BCUT2D eigenvalue weighted by Gasteiger charge is 2.07. The van der Waals surface area contributed by atoms with Crippen molar-refractivity contribution < 1.29 is 4.79 Å². The standard InChI is InChI=1S/C9H17N3O/c1-3-6-12(7-5-10)8-9(13)11-4-2/h3-4,6-8H2,1-2H3,(H,11,13). The van der Waals surface area contributed by atoms with Gasteiger partial charge in [0.05, 0.1) is 19.2 Å². The lowest BCUT2D eigenvalue weighted by molar-refractivity contribution is -0.122. The third-order valence-corrected chi connectivity index (χ3v) is 1.58. The molecule has 0 radical (unpaired) electrons. The average molecular weight is 183 g/mol. The van der Waals surface area contributed by atoms with Crippen LogP contribution in [0.3, 0.4) is 0 Å². The first-order valence-corrected chi connectivity index (χ1v) is 4.60. The van der Waals surface area contributed by atoms with Gasteiger partial charge < -0.3 is 5.32 Å². The van der Waals surface area contributed by atoms with E-state index >= 15 is 0 Å². The number of carbonyl (C=O) groups is 1.